The van der Waals surface area contributed by atoms with E-state index < -0.39 is 27.8 Å². The summed E-state index contributed by atoms with van der Waals surface area (Å²) < 4.78 is 39.7. The van der Waals surface area contributed by atoms with Crippen LogP contribution < -0.4 is 5.73 Å². The maximum Gasteiger partial charge on any atom is 0.246 e. The standard InChI is InChI=1S/C13H18FN3O3S/c1-10(13(15)18)16-6-8-17(9-7-16)21(19,20)12-5-3-2-4-11(12)14/h2-5,10H,6-9H2,1H3,(H2,15,18). The Balaban J connectivity index is 2.12. The van der Waals surface area contributed by atoms with Gasteiger partial charge in [0.25, 0.3) is 0 Å². The topological polar surface area (TPSA) is 83.7 Å². The van der Waals surface area contributed by atoms with Crippen LogP contribution in [0, 0.1) is 5.82 Å². The molecule has 1 heterocycles. The van der Waals surface area contributed by atoms with Crippen LogP contribution in [-0.4, -0.2) is 55.8 Å². The van der Waals surface area contributed by atoms with E-state index in [2.05, 4.69) is 0 Å². The summed E-state index contributed by atoms with van der Waals surface area (Å²) in [5.41, 5.74) is 5.24. The molecular weight excluding hydrogens is 297 g/mol. The van der Waals surface area contributed by atoms with Crippen LogP contribution in [0.4, 0.5) is 4.39 Å². The summed E-state index contributed by atoms with van der Waals surface area (Å²) in [6.07, 6.45) is 0. The zero-order valence-corrected chi connectivity index (χ0v) is 12.5. The lowest BCUT2D eigenvalue weighted by atomic mass is 10.2. The van der Waals surface area contributed by atoms with Crippen molar-refractivity contribution < 1.29 is 17.6 Å². The lowest BCUT2D eigenvalue weighted by molar-refractivity contribution is -0.123. The molecule has 2 rings (SSSR count). The van der Waals surface area contributed by atoms with E-state index >= 15 is 0 Å². The predicted molar refractivity (Wildman–Crippen MR) is 75.4 cm³/mol. The minimum absolute atomic E-state index is 0.203. The zero-order valence-electron chi connectivity index (χ0n) is 11.7. The van der Waals surface area contributed by atoms with Gasteiger partial charge in [0, 0.05) is 26.2 Å². The van der Waals surface area contributed by atoms with Gasteiger partial charge >= 0.3 is 0 Å². The average Bonchev–Trinajstić information content (AvgIpc) is 2.46. The van der Waals surface area contributed by atoms with Crippen LogP contribution in [-0.2, 0) is 14.8 Å². The van der Waals surface area contributed by atoms with Gasteiger partial charge in [-0.05, 0) is 19.1 Å². The van der Waals surface area contributed by atoms with Crippen molar-refractivity contribution in [3.8, 4) is 0 Å². The van der Waals surface area contributed by atoms with Gasteiger partial charge in [-0.2, -0.15) is 4.31 Å². The molecule has 0 aromatic heterocycles. The molecule has 1 unspecified atom stereocenters. The maximum atomic E-state index is 13.7. The van der Waals surface area contributed by atoms with Gasteiger partial charge < -0.3 is 5.73 Å². The van der Waals surface area contributed by atoms with Gasteiger partial charge in [0.05, 0.1) is 6.04 Å². The number of nitrogens with zero attached hydrogens (tertiary/aromatic N) is 2. The molecule has 21 heavy (non-hydrogen) atoms. The molecule has 116 valence electrons. The number of sulfonamides is 1. The Bertz CT molecular complexity index is 627. The molecule has 8 heteroatoms. The first kappa shape index (κ1) is 15.9. The fraction of sp³-hybridized carbons (Fsp3) is 0.462. The average molecular weight is 315 g/mol. The van der Waals surface area contributed by atoms with E-state index in [1.165, 1.54) is 22.5 Å². The Morgan fingerprint density at radius 1 is 1.24 bits per heavy atom. The molecule has 1 saturated heterocycles. The number of hydrogen-bond acceptors (Lipinski definition) is 4. The molecule has 0 aliphatic carbocycles. The highest BCUT2D eigenvalue weighted by Gasteiger charge is 2.32. The molecule has 2 N–H and O–H groups in total. The predicted octanol–water partition coefficient (Wildman–Crippen LogP) is 0.00580. The second-order valence-corrected chi connectivity index (χ2v) is 6.86. The van der Waals surface area contributed by atoms with Gasteiger partial charge in [-0.1, -0.05) is 12.1 Å². The van der Waals surface area contributed by atoms with E-state index in [-0.39, 0.29) is 18.0 Å². The van der Waals surface area contributed by atoms with Crippen molar-refractivity contribution >= 4 is 15.9 Å². The summed E-state index contributed by atoms with van der Waals surface area (Å²) in [4.78, 5) is 12.6. The molecule has 0 radical (unpaired) electrons. The SMILES string of the molecule is CC(C(N)=O)N1CCN(S(=O)(=O)c2ccccc2F)CC1. The third-order valence-corrected chi connectivity index (χ3v) is 5.62. The number of hydrogen-bond donors (Lipinski definition) is 1. The summed E-state index contributed by atoms with van der Waals surface area (Å²) in [5, 5.41) is 0. The van der Waals surface area contributed by atoms with E-state index in [4.69, 9.17) is 5.73 Å². The number of carbonyl (C=O) groups excluding carboxylic acids is 1. The van der Waals surface area contributed by atoms with E-state index in [0.717, 1.165) is 6.07 Å². The van der Waals surface area contributed by atoms with Gasteiger partial charge in [0.15, 0.2) is 0 Å². The first-order valence-corrected chi connectivity index (χ1v) is 8.06. The number of rotatable bonds is 4. The second-order valence-electron chi connectivity index (χ2n) is 4.95. The first-order chi connectivity index (χ1) is 9.84. The fourth-order valence-corrected chi connectivity index (χ4v) is 3.79. The number of primary amides is 1. The number of amides is 1. The highest BCUT2D eigenvalue weighted by atomic mass is 32.2. The number of nitrogens with two attached hydrogens (primary N) is 1. The van der Waals surface area contributed by atoms with Gasteiger partial charge in [0.2, 0.25) is 15.9 Å². The summed E-state index contributed by atoms with van der Waals surface area (Å²) in [7, 11) is -3.85. The van der Waals surface area contributed by atoms with Crippen molar-refractivity contribution in [1.82, 2.24) is 9.21 Å². The molecule has 1 amide bonds. The molecule has 0 spiro atoms. The Hall–Kier alpha value is -1.51. The summed E-state index contributed by atoms with van der Waals surface area (Å²) in [6, 6.07) is 4.87. The number of benzene rings is 1. The Kier molecular flexibility index (Phi) is 4.60. The quantitative estimate of drug-likeness (QED) is 0.848. The van der Waals surface area contributed by atoms with Crippen LogP contribution >= 0.6 is 0 Å². The van der Waals surface area contributed by atoms with Crippen molar-refractivity contribution in [3.63, 3.8) is 0 Å². The molecule has 1 aromatic carbocycles. The largest absolute Gasteiger partial charge is 0.368 e. The molecule has 1 fully saturated rings. The number of carbonyl (C=O) groups is 1. The van der Waals surface area contributed by atoms with Crippen molar-refractivity contribution in [2.24, 2.45) is 5.73 Å². The van der Waals surface area contributed by atoms with Crippen molar-refractivity contribution in [3.05, 3.63) is 30.1 Å². The van der Waals surface area contributed by atoms with Gasteiger partial charge in [-0.25, -0.2) is 12.8 Å². The lowest BCUT2D eigenvalue weighted by Crippen LogP contribution is -2.54. The van der Waals surface area contributed by atoms with Crippen molar-refractivity contribution in [2.45, 2.75) is 17.9 Å². The van der Waals surface area contributed by atoms with Gasteiger partial charge in [-0.3, -0.25) is 9.69 Å². The second kappa shape index (κ2) is 6.08. The van der Waals surface area contributed by atoms with Crippen LogP contribution in [0.1, 0.15) is 6.92 Å². The number of piperazine rings is 1. The van der Waals surface area contributed by atoms with Crippen molar-refractivity contribution in [2.75, 3.05) is 26.2 Å². The number of halogens is 1. The van der Waals surface area contributed by atoms with Crippen LogP contribution in [0.15, 0.2) is 29.2 Å². The molecule has 6 nitrogen and oxygen atoms in total. The monoisotopic (exact) mass is 315 g/mol. The summed E-state index contributed by atoms with van der Waals surface area (Å²) in [5.74, 6) is -1.20. The highest BCUT2D eigenvalue weighted by Crippen LogP contribution is 2.20. The van der Waals surface area contributed by atoms with E-state index in [1.807, 2.05) is 4.90 Å². The summed E-state index contributed by atoms with van der Waals surface area (Å²) in [6.45, 7) is 2.86. The molecule has 1 atom stereocenters. The highest BCUT2D eigenvalue weighted by molar-refractivity contribution is 7.89. The third-order valence-electron chi connectivity index (χ3n) is 3.69. The minimum atomic E-state index is -3.85. The van der Waals surface area contributed by atoms with Crippen LogP contribution in [0.5, 0.6) is 0 Å². The van der Waals surface area contributed by atoms with Crippen LogP contribution in [0.3, 0.4) is 0 Å². The molecule has 1 aliphatic heterocycles. The van der Waals surface area contributed by atoms with Gasteiger partial charge in [-0.15, -0.1) is 0 Å². The molecule has 1 aromatic rings. The Labute approximate surface area is 123 Å². The zero-order chi connectivity index (χ0) is 15.6. The summed E-state index contributed by atoms with van der Waals surface area (Å²) >= 11 is 0. The fourth-order valence-electron chi connectivity index (χ4n) is 2.30. The van der Waals surface area contributed by atoms with E-state index in [0.29, 0.717) is 13.1 Å². The molecule has 0 bridgehead atoms. The normalized spacial score (nSPS) is 19.3. The Morgan fingerprint density at radius 3 is 2.33 bits per heavy atom. The van der Waals surface area contributed by atoms with Crippen LogP contribution in [0.2, 0.25) is 0 Å². The van der Waals surface area contributed by atoms with E-state index in [9.17, 15) is 17.6 Å². The maximum absolute atomic E-state index is 13.7. The molecule has 0 saturated carbocycles. The van der Waals surface area contributed by atoms with Crippen molar-refractivity contribution in [1.29, 1.82) is 0 Å². The van der Waals surface area contributed by atoms with Crippen LogP contribution in [0.25, 0.3) is 0 Å². The molecular formula is C13H18FN3O3S. The lowest BCUT2D eigenvalue weighted by Gasteiger charge is -2.36. The van der Waals surface area contributed by atoms with E-state index in [1.54, 1.807) is 6.92 Å². The Morgan fingerprint density at radius 2 is 1.81 bits per heavy atom. The smallest absolute Gasteiger partial charge is 0.246 e. The van der Waals surface area contributed by atoms with Gasteiger partial charge in [0.1, 0.15) is 10.7 Å². The minimum Gasteiger partial charge on any atom is -0.368 e. The third kappa shape index (κ3) is 3.22. The first-order valence-electron chi connectivity index (χ1n) is 6.62. The molecule has 1 aliphatic rings.